The van der Waals surface area contributed by atoms with Gasteiger partial charge >= 0.3 is 12.1 Å². The van der Waals surface area contributed by atoms with Gasteiger partial charge in [0.1, 0.15) is 19.2 Å². The predicted molar refractivity (Wildman–Crippen MR) is 138 cm³/mol. The van der Waals surface area contributed by atoms with E-state index in [1.54, 1.807) is 24.3 Å². The molecule has 2 atom stereocenters. The predicted octanol–water partition coefficient (Wildman–Crippen LogP) is 3.24. The Morgan fingerprint density at radius 1 is 0.895 bits per heavy atom. The number of hydrogen-bond donors (Lipinski definition) is 2. The van der Waals surface area contributed by atoms with Crippen molar-refractivity contribution < 1.29 is 29.0 Å². The number of carboxylic acid groups (broad SMARTS) is 1. The molecule has 9 nitrogen and oxygen atoms in total. The lowest BCUT2D eigenvalue weighted by molar-refractivity contribution is -0.137. The third-order valence-electron chi connectivity index (χ3n) is 7.50. The molecule has 3 aromatic carbocycles. The van der Waals surface area contributed by atoms with Crippen LogP contribution in [0.3, 0.4) is 0 Å². The van der Waals surface area contributed by atoms with E-state index in [0.717, 1.165) is 27.2 Å². The number of rotatable bonds is 5. The molecule has 38 heavy (non-hydrogen) atoms. The van der Waals surface area contributed by atoms with Gasteiger partial charge in [0.25, 0.3) is 5.91 Å². The van der Waals surface area contributed by atoms with Gasteiger partial charge in [-0.15, -0.1) is 0 Å². The molecule has 0 bridgehead atoms. The maximum atomic E-state index is 13.4. The van der Waals surface area contributed by atoms with Crippen molar-refractivity contribution >= 4 is 29.6 Å². The molecular weight excluding hydrogens is 486 g/mol. The molecule has 0 spiro atoms. The molecule has 3 aromatic rings. The number of nitrogens with zero attached hydrogens (tertiary/aromatic N) is 2. The average Bonchev–Trinajstić information content (AvgIpc) is 3.47. The van der Waals surface area contributed by atoms with E-state index in [0.29, 0.717) is 0 Å². The van der Waals surface area contributed by atoms with Crippen LogP contribution in [0, 0.1) is 0 Å². The molecule has 1 saturated heterocycles. The van der Waals surface area contributed by atoms with Crippen LogP contribution in [0.4, 0.5) is 10.5 Å². The fraction of sp³-hybridized carbons (Fsp3) is 0.241. The molecule has 6 rings (SSSR count). The Bertz CT molecular complexity index is 1420. The second-order valence-corrected chi connectivity index (χ2v) is 9.71. The highest BCUT2D eigenvalue weighted by Gasteiger charge is 2.46. The summed E-state index contributed by atoms with van der Waals surface area (Å²) in [5.41, 5.74) is 4.99. The summed E-state index contributed by atoms with van der Waals surface area (Å²) in [4.78, 5) is 53.5. The van der Waals surface area contributed by atoms with Gasteiger partial charge in [-0.3, -0.25) is 19.3 Å². The first-order valence-electron chi connectivity index (χ1n) is 12.5. The van der Waals surface area contributed by atoms with Gasteiger partial charge in [-0.2, -0.15) is 0 Å². The van der Waals surface area contributed by atoms with Gasteiger partial charge in [0, 0.05) is 12.5 Å². The minimum atomic E-state index is -1.18. The Hall–Kier alpha value is -4.66. The summed E-state index contributed by atoms with van der Waals surface area (Å²) in [6, 6.07) is 21.2. The maximum Gasteiger partial charge on any atom is 0.407 e. The van der Waals surface area contributed by atoms with Gasteiger partial charge in [-0.05, 0) is 40.8 Å². The largest absolute Gasteiger partial charge is 0.480 e. The number of carboxylic acids is 1. The SMILES string of the molecule is O=C(O)CN1C(=O)[C@@H]2C[C@H](NC(=O)OCC3c4ccccc4-c4ccccc43)CN2C(=O)c2ccccc21. The van der Waals surface area contributed by atoms with Crippen LogP contribution >= 0.6 is 0 Å². The Kier molecular flexibility index (Phi) is 5.83. The van der Waals surface area contributed by atoms with Crippen LogP contribution in [0.5, 0.6) is 0 Å². The third-order valence-corrected chi connectivity index (χ3v) is 7.50. The van der Waals surface area contributed by atoms with E-state index in [4.69, 9.17) is 4.74 Å². The number of anilines is 1. The first kappa shape index (κ1) is 23.7. The molecule has 2 aliphatic heterocycles. The summed E-state index contributed by atoms with van der Waals surface area (Å²) >= 11 is 0. The van der Waals surface area contributed by atoms with Crippen molar-refractivity contribution in [1.29, 1.82) is 0 Å². The van der Waals surface area contributed by atoms with Crippen LogP contribution in [0.15, 0.2) is 72.8 Å². The fourth-order valence-electron chi connectivity index (χ4n) is 5.85. The second-order valence-electron chi connectivity index (χ2n) is 9.71. The van der Waals surface area contributed by atoms with Crippen molar-refractivity contribution in [3.05, 3.63) is 89.5 Å². The number of alkyl carbamates (subject to hydrolysis) is 1. The Morgan fingerprint density at radius 3 is 2.16 bits per heavy atom. The van der Waals surface area contributed by atoms with Crippen LogP contribution in [-0.2, 0) is 14.3 Å². The first-order chi connectivity index (χ1) is 18.4. The van der Waals surface area contributed by atoms with Gasteiger partial charge < -0.3 is 20.1 Å². The van der Waals surface area contributed by atoms with Gasteiger partial charge in [0.15, 0.2) is 0 Å². The molecule has 2 N–H and O–H groups in total. The first-order valence-corrected chi connectivity index (χ1v) is 12.5. The number of amides is 3. The van der Waals surface area contributed by atoms with E-state index in [2.05, 4.69) is 17.4 Å². The number of carbonyl (C=O) groups excluding carboxylic acids is 3. The van der Waals surface area contributed by atoms with E-state index in [-0.39, 0.29) is 42.6 Å². The maximum absolute atomic E-state index is 13.4. The van der Waals surface area contributed by atoms with Crippen LogP contribution < -0.4 is 10.2 Å². The molecule has 2 heterocycles. The molecule has 9 heteroatoms. The average molecular weight is 512 g/mol. The normalized spacial score (nSPS) is 19.8. The van der Waals surface area contributed by atoms with Crippen LogP contribution in [-0.4, -0.2) is 65.7 Å². The summed E-state index contributed by atoms with van der Waals surface area (Å²) < 4.78 is 5.64. The van der Waals surface area contributed by atoms with E-state index >= 15 is 0 Å². The molecule has 0 saturated carbocycles. The molecule has 0 radical (unpaired) electrons. The van der Waals surface area contributed by atoms with E-state index in [1.807, 2.05) is 36.4 Å². The van der Waals surface area contributed by atoms with Crippen molar-refractivity contribution in [2.75, 3.05) is 24.6 Å². The van der Waals surface area contributed by atoms with Crippen molar-refractivity contribution in [2.24, 2.45) is 0 Å². The minimum absolute atomic E-state index is 0.0872. The fourth-order valence-corrected chi connectivity index (χ4v) is 5.85. The minimum Gasteiger partial charge on any atom is -0.480 e. The van der Waals surface area contributed by atoms with Crippen LogP contribution in [0.2, 0.25) is 0 Å². The summed E-state index contributed by atoms with van der Waals surface area (Å²) in [5.74, 6) is -2.12. The Morgan fingerprint density at radius 2 is 1.50 bits per heavy atom. The number of nitrogens with one attached hydrogen (secondary N) is 1. The molecule has 1 aliphatic carbocycles. The number of benzene rings is 3. The highest BCUT2D eigenvalue weighted by atomic mass is 16.5. The number of para-hydroxylation sites is 1. The van der Waals surface area contributed by atoms with Crippen molar-refractivity contribution in [2.45, 2.75) is 24.4 Å². The topological polar surface area (TPSA) is 116 Å². The highest BCUT2D eigenvalue weighted by molar-refractivity contribution is 6.12. The molecule has 3 aliphatic rings. The molecule has 192 valence electrons. The number of aliphatic carboxylic acids is 1. The summed E-state index contributed by atoms with van der Waals surface area (Å²) in [5, 5.41) is 12.2. The lowest BCUT2D eigenvalue weighted by Gasteiger charge is -2.24. The number of hydrogen-bond acceptors (Lipinski definition) is 5. The number of fused-ring (bicyclic) bond motifs is 5. The molecule has 0 unspecified atom stereocenters. The lowest BCUT2D eigenvalue weighted by Crippen LogP contribution is -2.46. The third kappa shape index (κ3) is 3.96. The Labute approximate surface area is 218 Å². The van der Waals surface area contributed by atoms with E-state index < -0.39 is 36.6 Å². The number of carbonyl (C=O) groups is 4. The van der Waals surface area contributed by atoms with E-state index in [9.17, 15) is 24.3 Å². The summed E-state index contributed by atoms with van der Waals surface area (Å²) in [6.07, 6.45) is -0.462. The van der Waals surface area contributed by atoms with Gasteiger partial charge in [0.2, 0.25) is 5.91 Å². The van der Waals surface area contributed by atoms with Gasteiger partial charge in [0.05, 0.1) is 17.3 Å². The smallest absolute Gasteiger partial charge is 0.407 e. The quantitative estimate of drug-likeness (QED) is 0.543. The highest BCUT2D eigenvalue weighted by Crippen LogP contribution is 2.44. The summed E-state index contributed by atoms with van der Waals surface area (Å²) in [6.45, 7) is -0.288. The summed E-state index contributed by atoms with van der Waals surface area (Å²) in [7, 11) is 0. The van der Waals surface area contributed by atoms with Gasteiger partial charge in [-0.25, -0.2) is 4.79 Å². The molecule has 1 fully saturated rings. The van der Waals surface area contributed by atoms with Gasteiger partial charge in [-0.1, -0.05) is 60.7 Å². The molecule has 3 amide bonds. The second kappa shape index (κ2) is 9.33. The zero-order valence-electron chi connectivity index (χ0n) is 20.4. The van der Waals surface area contributed by atoms with E-state index in [1.165, 1.54) is 4.90 Å². The monoisotopic (exact) mass is 511 g/mol. The zero-order chi connectivity index (χ0) is 26.4. The van der Waals surface area contributed by atoms with Crippen LogP contribution in [0.1, 0.15) is 33.8 Å². The lowest BCUT2D eigenvalue weighted by atomic mass is 9.98. The van der Waals surface area contributed by atoms with Crippen LogP contribution in [0.25, 0.3) is 11.1 Å². The molecular formula is C29H25N3O6. The standard InChI is InChI=1S/C29H25N3O6/c33-26(34)15-32-24-12-6-5-11-22(24)27(35)31-14-17(13-25(31)28(32)36)30-29(37)38-16-23-20-9-3-1-7-18(20)19-8-2-4-10-21(19)23/h1-12,17,23,25H,13-16H2,(H,30,37)(H,33,34)/t17-,25-/m0/s1. The Balaban J connectivity index is 1.16. The zero-order valence-corrected chi connectivity index (χ0v) is 20.4. The van der Waals surface area contributed by atoms with Crippen molar-refractivity contribution in [3.8, 4) is 11.1 Å². The van der Waals surface area contributed by atoms with Crippen molar-refractivity contribution in [3.63, 3.8) is 0 Å². The van der Waals surface area contributed by atoms with Crippen molar-refractivity contribution in [1.82, 2.24) is 10.2 Å². The molecule has 0 aromatic heterocycles. The number of ether oxygens (including phenoxy) is 1.